The Kier molecular flexibility index (Phi) is 5.30. The first-order chi connectivity index (χ1) is 4.22. The monoisotopic (exact) mass is 148 g/mol. The highest BCUT2D eigenvalue weighted by atomic mass is 32.2. The molecule has 0 aromatic carbocycles. The number of aliphatic hydroxyl groups is 1. The molecule has 0 aromatic heterocycles. The number of rotatable bonds is 4. The van der Waals surface area contributed by atoms with Crippen LogP contribution in [-0.4, -0.2) is 23.2 Å². The first kappa shape index (κ1) is 9.31. The largest absolute Gasteiger partial charge is 0.393 e. The Bertz CT molecular complexity index is 65.9. The van der Waals surface area contributed by atoms with Crippen molar-refractivity contribution >= 4 is 11.8 Å². The van der Waals surface area contributed by atoms with Crippen LogP contribution in [0.1, 0.15) is 20.3 Å². The first-order valence-electron chi connectivity index (χ1n) is 3.39. The molecule has 0 bridgehead atoms. The molecule has 9 heavy (non-hydrogen) atoms. The van der Waals surface area contributed by atoms with Gasteiger partial charge in [0.05, 0.1) is 6.10 Å². The van der Waals surface area contributed by atoms with Crippen LogP contribution in [0.3, 0.4) is 0 Å². The van der Waals surface area contributed by atoms with Crippen LogP contribution in [0.2, 0.25) is 0 Å². The lowest BCUT2D eigenvalue weighted by Crippen LogP contribution is -2.18. The van der Waals surface area contributed by atoms with Crippen molar-refractivity contribution < 1.29 is 5.11 Å². The summed E-state index contributed by atoms with van der Waals surface area (Å²) in [6.45, 7) is 4.10. The maximum Gasteiger partial charge on any atom is 0.0571 e. The summed E-state index contributed by atoms with van der Waals surface area (Å²) in [6, 6.07) is 0. The lowest BCUT2D eigenvalue weighted by atomic mass is 10.1. The van der Waals surface area contributed by atoms with Crippen molar-refractivity contribution in [1.82, 2.24) is 0 Å². The van der Waals surface area contributed by atoms with Crippen LogP contribution in [0.25, 0.3) is 0 Å². The van der Waals surface area contributed by atoms with Gasteiger partial charge in [0.1, 0.15) is 0 Å². The summed E-state index contributed by atoms with van der Waals surface area (Å²) in [5.41, 5.74) is 0. The summed E-state index contributed by atoms with van der Waals surface area (Å²) in [5.74, 6) is 1.51. The van der Waals surface area contributed by atoms with Gasteiger partial charge in [0.2, 0.25) is 0 Å². The summed E-state index contributed by atoms with van der Waals surface area (Å²) in [7, 11) is 0. The van der Waals surface area contributed by atoms with Gasteiger partial charge in [-0.3, -0.25) is 0 Å². The number of hydrogen-bond acceptors (Lipinski definition) is 2. The molecule has 1 N–H and O–H groups in total. The van der Waals surface area contributed by atoms with Gasteiger partial charge in [-0.25, -0.2) is 0 Å². The molecule has 0 heterocycles. The van der Waals surface area contributed by atoms with Gasteiger partial charge < -0.3 is 5.11 Å². The third-order valence-corrected chi connectivity index (χ3v) is 2.36. The Morgan fingerprint density at radius 1 is 1.56 bits per heavy atom. The predicted octanol–water partition coefficient (Wildman–Crippen LogP) is 1.76. The van der Waals surface area contributed by atoms with Gasteiger partial charge in [-0.05, 0) is 24.3 Å². The number of hydrogen-bond donors (Lipinski definition) is 1. The summed E-state index contributed by atoms with van der Waals surface area (Å²) >= 11 is 1.79. The highest BCUT2D eigenvalue weighted by Gasteiger charge is 2.09. The van der Waals surface area contributed by atoms with E-state index < -0.39 is 0 Å². The van der Waals surface area contributed by atoms with E-state index in [1.165, 1.54) is 0 Å². The molecule has 0 fully saturated rings. The topological polar surface area (TPSA) is 20.2 Å². The lowest BCUT2D eigenvalue weighted by Gasteiger charge is -2.14. The van der Waals surface area contributed by atoms with Crippen molar-refractivity contribution in [3.8, 4) is 0 Å². The minimum Gasteiger partial charge on any atom is -0.393 e. The Labute approximate surface area is 61.8 Å². The van der Waals surface area contributed by atoms with Gasteiger partial charge in [0.25, 0.3) is 0 Å². The molecule has 56 valence electrons. The Balaban J connectivity index is 3.32. The van der Waals surface area contributed by atoms with E-state index in [2.05, 4.69) is 13.2 Å². The summed E-state index contributed by atoms with van der Waals surface area (Å²) in [5, 5.41) is 9.24. The van der Waals surface area contributed by atoms with Crippen LogP contribution < -0.4 is 0 Å². The zero-order valence-corrected chi connectivity index (χ0v) is 7.24. The SMILES string of the molecule is CCC(O)C(C)CSC. The lowest BCUT2D eigenvalue weighted by molar-refractivity contribution is 0.123. The van der Waals surface area contributed by atoms with Crippen molar-refractivity contribution in [2.75, 3.05) is 12.0 Å². The van der Waals surface area contributed by atoms with E-state index >= 15 is 0 Å². The van der Waals surface area contributed by atoms with E-state index in [4.69, 9.17) is 0 Å². The summed E-state index contributed by atoms with van der Waals surface area (Å²) in [6.07, 6.45) is 2.85. The fourth-order valence-electron chi connectivity index (χ4n) is 0.776. The highest BCUT2D eigenvalue weighted by molar-refractivity contribution is 7.98. The summed E-state index contributed by atoms with van der Waals surface area (Å²) < 4.78 is 0. The molecule has 0 radical (unpaired) electrons. The van der Waals surface area contributed by atoms with Crippen LogP contribution in [0.5, 0.6) is 0 Å². The van der Waals surface area contributed by atoms with Crippen LogP contribution in [0.15, 0.2) is 0 Å². The third kappa shape index (κ3) is 3.82. The minimum absolute atomic E-state index is 0.0996. The Hall–Kier alpha value is 0.310. The molecular formula is C7H16OS. The highest BCUT2D eigenvalue weighted by Crippen LogP contribution is 2.11. The van der Waals surface area contributed by atoms with Crippen molar-refractivity contribution in [2.24, 2.45) is 5.92 Å². The van der Waals surface area contributed by atoms with Gasteiger partial charge in [0.15, 0.2) is 0 Å². The van der Waals surface area contributed by atoms with Gasteiger partial charge in [-0.2, -0.15) is 11.8 Å². The van der Waals surface area contributed by atoms with Gasteiger partial charge >= 0.3 is 0 Å². The average Bonchev–Trinajstić information content (AvgIpc) is 1.87. The fourth-order valence-corrected chi connectivity index (χ4v) is 1.52. The second kappa shape index (κ2) is 5.12. The molecule has 0 aliphatic heterocycles. The molecule has 0 saturated heterocycles. The second-order valence-corrected chi connectivity index (χ2v) is 3.32. The molecule has 0 spiro atoms. The Morgan fingerprint density at radius 3 is 2.44 bits per heavy atom. The minimum atomic E-state index is -0.0996. The van der Waals surface area contributed by atoms with Crippen molar-refractivity contribution in [1.29, 1.82) is 0 Å². The van der Waals surface area contributed by atoms with Crippen LogP contribution in [0.4, 0.5) is 0 Å². The van der Waals surface area contributed by atoms with E-state index in [-0.39, 0.29) is 6.10 Å². The average molecular weight is 148 g/mol. The normalized spacial score (nSPS) is 17.3. The van der Waals surface area contributed by atoms with Gasteiger partial charge in [-0.15, -0.1) is 0 Å². The molecule has 0 aromatic rings. The smallest absolute Gasteiger partial charge is 0.0571 e. The number of thioether (sulfide) groups is 1. The van der Waals surface area contributed by atoms with Crippen molar-refractivity contribution in [2.45, 2.75) is 26.4 Å². The van der Waals surface area contributed by atoms with E-state index in [9.17, 15) is 5.11 Å². The molecule has 0 aliphatic carbocycles. The quantitative estimate of drug-likeness (QED) is 0.655. The third-order valence-electron chi connectivity index (χ3n) is 1.50. The van der Waals surface area contributed by atoms with E-state index in [0.717, 1.165) is 12.2 Å². The molecule has 0 aliphatic rings. The Morgan fingerprint density at radius 2 is 2.11 bits per heavy atom. The van der Waals surface area contributed by atoms with Crippen molar-refractivity contribution in [3.05, 3.63) is 0 Å². The zero-order valence-electron chi connectivity index (χ0n) is 6.42. The van der Waals surface area contributed by atoms with E-state index in [1.54, 1.807) is 11.8 Å². The van der Waals surface area contributed by atoms with Gasteiger partial charge in [0, 0.05) is 0 Å². The zero-order chi connectivity index (χ0) is 7.28. The van der Waals surface area contributed by atoms with Crippen LogP contribution in [0, 0.1) is 5.92 Å². The van der Waals surface area contributed by atoms with Crippen molar-refractivity contribution in [3.63, 3.8) is 0 Å². The molecule has 1 nitrogen and oxygen atoms in total. The molecule has 0 saturated carbocycles. The maximum atomic E-state index is 9.24. The molecule has 0 amide bonds. The second-order valence-electron chi connectivity index (χ2n) is 2.41. The molecular weight excluding hydrogens is 132 g/mol. The maximum absolute atomic E-state index is 9.24. The van der Waals surface area contributed by atoms with Crippen LogP contribution in [-0.2, 0) is 0 Å². The van der Waals surface area contributed by atoms with Gasteiger partial charge in [-0.1, -0.05) is 13.8 Å². The fraction of sp³-hybridized carbons (Fsp3) is 1.00. The number of aliphatic hydroxyl groups excluding tert-OH is 1. The molecule has 0 rings (SSSR count). The van der Waals surface area contributed by atoms with E-state index in [0.29, 0.717) is 5.92 Å². The predicted molar refractivity (Wildman–Crippen MR) is 43.8 cm³/mol. The molecule has 2 atom stereocenters. The molecule has 2 unspecified atom stereocenters. The van der Waals surface area contributed by atoms with E-state index in [1.807, 2.05) is 6.92 Å². The first-order valence-corrected chi connectivity index (χ1v) is 4.78. The van der Waals surface area contributed by atoms with Crippen LogP contribution >= 0.6 is 11.8 Å². The summed E-state index contributed by atoms with van der Waals surface area (Å²) in [4.78, 5) is 0. The standard InChI is InChI=1S/C7H16OS/c1-4-7(8)6(2)5-9-3/h6-8H,4-5H2,1-3H3. The molecule has 2 heteroatoms.